The van der Waals surface area contributed by atoms with Gasteiger partial charge >= 0.3 is 0 Å². The van der Waals surface area contributed by atoms with Crippen molar-refractivity contribution in [3.8, 4) is 0 Å². The van der Waals surface area contributed by atoms with Crippen LogP contribution in [0.25, 0.3) is 0 Å². The number of aryl methyl sites for hydroxylation is 1. The fourth-order valence-corrected chi connectivity index (χ4v) is 1.25. The minimum atomic E-state index is -0.535. The standard InChI is InChI=1S/C9H11FN6/c10-7-4-9(13-5-12-7)11-3-1-2-8-14-6-15-16-8/h4-6H,1-3H2,(H,11,12,13)(H,14,15,16). The summed E-state index contributed by atoms with van der Waals surface area (Å²) in [5.74, 6) is 0.800. The van der Waals surface area contributed by atoms with Gasteiger partial charge in [-0.25, -0.2) is 15.0 Å². The van der Waals surface area contributed by atoms with Gasteiger partial charge in [-0.2, -0.15) is 9.49 Å². The molecule has 0 spiro atoms. The van der Waals surface area contributed by atoms with Crippen LogP contribution in [0.4, 0.5) is 10.2 Å². The number of H-pyrrole nitrogens is 1. The van der Waals surface area contributed by atoms with Crippen LogP contribution in [0.5, 0.6) is 0 Å². The molecule has 2 rings (SSSR count). The molecule has 0 saturated carbocycles. The molecule has 0 bridgehead atoms. The van der Waals surface area contributed by atoms with Gasteiger partial charge in [0, 0.05) is 19.0 Å². The van der Waals surface area contributed by atoms with Crippen LogP contribution in [0, 0.1) is 5.95 Å². The first kappa shape index (κ1) is 10.5. The van der Waals surface area contributed by atoms with E-state index in [0.29, 0.717) is 12.4 Å². The molecule has 2 aromatic rings. The topological polar surface area (TPSA) is 79.4 Å². The van der Waals surface area contributed by atoms with Crippen molar-refractivity contribution in [1.82, 2.24) is 25.1 Å². The molecule has 16 heavy (non-hydrogen) atoms. The fraction of sp³-hybridized carbons (Fsp3) is 0.333. The monoisotopic (exact) mass is 222 g/mol. The van der Waals surface area contributed by atoms with Gasteiger partial charge in [0.1, 0.15) is 24.3 Å². The predicted octanol–water partition coefficient (Wildman–Crippen LogP) is 0.778. The van der Waals surface area contributed by atoms with Gasteiger partial charge in [-0.1, -0.05) is 0 Å². The lowest BCUT2D eigenvalue weighted by atomic mass is 10.3. The summed E-state index contributed by atoms with van der Waals surface area (Å²) in [5.41, 5.74) is 0. The molecular weight excluding hydrogens is 211 g/mol. The summed E-state index contributed by atoms with van der Waals surface area (Å²) < 4.78 is 12.7. The molecule has 2 heterocycles. The van der Waals surface area contributed by atoms with Crippen molar-refractivity contribution >= 4 is 5.82 Å². The number of rotatable bonds is 5. The number of nitrogens with one attached hydrogen (secondary N) is 2. The zero-order chi connectivity index (χ0) is 11.2. The summed E-state index contributed by atoms with van der Waals surface area (Å²) in [6.07, 6.45) is 4.32. The molecule has 0 atom stereocenters. The SMILES string of the molecule is Fc1cc(NCCCc2ncn[nH]2)ncn1. The number of halogens is 1. The molecule has 7 heteroatoms. The Morgan fingerprint density at radius 2 is 2.19 bits per heavy atom. The lowest BCUT2D eigenvalue weighted by Crippen LogP contribution is -2.05. The number of anilines is 1. The second kappa shape index (κ2) is 5.15. The van der Waals surface area contributed by atoms with Gasteiger partial charge in [0.2, 0.25) is 5.95 Å². The number of aromatic nitrogens is 5. The highest BCUT2D eigenvalue weighted by molar-refractivity contribution is 5.31. The van der Waals surface area contributed by atoms with E-state index in [2.05, 4.69) is 30.5 Å². The molecular formula is C9H11FN6. The third-order valence-electron chi connectivity index (χ3n) is 2.00. The van der Waals surface area contributed by atoms with E-state index in [0.717, 1.165) is 18.7 Å². The van der Waals surface area contributed by atoms with E-state index in [1.165, 1.54) is 18.7 Å². The predicted molar refractivity (Wildman–Crippen MR) is 55.2 cm³/mol. The van der Waals surface area contributed by atoms with Crippen LogP contribution < -0.4 is 5.32 Å². The average Bonchev–Trinajstić information content (AvgIpc) is 2.77. The summed E-state index contributed by atoms with van der Waals surface area (Å²) in [6.45, 7) is 0.692. The highest BCUT2D eigenvalue weighted by Gasteiger charge is 1.98. The highest BCUT2D eigenvalue weighted by Crippen LogP contribution is 2.02. The lowest BCUT2D eigenvalue weighted by molar-refractivity contribution is 0.580. The Morgan fingerprint density at radius 1 is 1.25 bits per heavy atom. The van der Waals surface area contributed by atoms with Crippen molar-refractivity contribution < 1.29 is 4.39 Å². The molecule has 0 saturated heterocycles. The van der Waals surface area contributed by atoms with E-state index in [9.17, 15) is 4.39 Å². The quantitative estimate of drug-likeness (QED) is 0.577. The molecule has 6 nitrogen and oxygen atoms in total. The fourth-order valence-electron chi connectivity index (χ4n) is 1.25. The number of nitrogens with zero attached hydrogens (tertiary/aromatic N) is 4. The number of aromatic amines is 1. The summed E-state index contributed by atoms with van der Waals surface area (Å²) in [5, 5.41) is 9.51. The molecule has 0 aliphatic rings. The summed E-state index contributed by atoms with van der Waals surface area (Å²) in [7, 11) is 0. The molecule has 0 aromatic carbocycles. The molecule has 2 aromatic heterocycles. The van der Waals surface area contributed by atoms with Crippen LogP contribution in [0.15, 0.2) is 18.7 Å². The van der Waals surface area contributed by atoms with Crippen molar-refractivity contribution in [1.29, 1.82) is 0 Å². The van der Waals surface area contributed by atoms with Crippen LogP contribution >= 0.6 is 0 Å². The Bertz CT molecular complexity index is 429. The van der Waals surface area contributed by atoms with E-state index in [-0.39, 0.29) is 0 Å². The van der Waals surface area contributed by atoms with E-state index >= 15 is 0 Å². The second-order valence-electron chi connectivity index (χ2n) is 3.19. The van der Waals surface area contributed by atoms with Crippen molar-refractivity contribution in [3.63, 3.8) is 0 Å². The molecule has 0 amide bonds. The van der Waals surface area contributed by atoms with Gasteiger partial charge < -0.3 is 5.32 Å². The minimum absolute atomic E-state index is 0.491. The van der Waals surface area contributed by atoms with Gasteiger partial charge in [0.15, 0.2) is 0 Å². The smallest absolute Gasteiger partial charge is 0.217 e. The van der Waals surface area contributed by atoms with Gasteiger partial charge in [0.05, 0.1) is 0 Å². The first-order chi connectivity index (χ1) is 7.84. The van der Waals surface area contributed by atoms with E-state index in [1.54, 1.807) is 0 Å². The van der Waals surface area contributed by atoms with Crippen LogP contribution in [0.1, 0.15) is 12.2 Å². The van der Waals surface area contributed by atoms with Crippen molar-refractivity contribution in [2.24, 2.45) is 0 Å². The van der Waals surface area contributed by atoms with Gasteiger partial charge in [-0.15, -0.1) is 0 Å². The molecule has 2 N–H and O–H groups in total. The third kappa shape index (κ3) is 2.97. The molecule has 0 fully saturated rings. The van der Waals surface area contributed by atoms with Crippen molar-refractivity contribution in [3.05, 3.63) is 30.5 Å². The van der Waals surface area contributed by atoms with Crippen LogP contribution in [-0.2, 0) is 6.42 Å². The van der Waals surface area contributed by atoms with Crippen LogP contribution in [0.3, 0.4) is 0 Å². The first-order valence-corrected chi connectivity index (χ1v) is 4.90. The van der Waals surface area contributed by atoms with Gasteiger partial charge in [0.25, 0.3) is 0 Å². The molecule has 84 valence electrons. The maximum absolute atomic E-state index is 12.7. The maximum Gasteiger partial charge on any atom is 0.217 e. The highest BCUT2D eigenvalue weighted by atomic mass is 19.1. The average molecular weight is 222 g/mol. The Morgan fingerprint density at radius 3 is 2.94 bits per heavy atom. The number of hydrogen-bond acceptors (Lipinski definition) is 5. The molecule has 0 aliphatic heterocycles. The number of hydrogen-bond donors (Lipinski definition) is 2. The van der Waals surface area contributed by atoms with E-state index in [1.807, 2.05) is 0 Å². The Balaban J connectivity index is 1.72. The second-order valence-corrected chi connectivity index (χ2v) is 3.19. The lowest BCUT2D eigenvalue weighted by Gasteiger charge is -2.03. The van der Waals surface area contributed by atoms with Crippen LogP contribution in [0.2, 0.25) is 0 Å². The Kier molecular flexibility index (Phi) is 3.37. The molecule has 0 unspecified atom stereocenters. The van der Waals surface area contributed by atoms with Crippen molar-refractivity contribution in [2.75, 3.05) is 11.9 Å². The summed E-state index contributed by atoms with van der Waals surface area (Å²) in [6, 6.07) is 1.26. The molecule has 0 radical (unpaired) electrons. The third-order valence-corrected chi connectivity index (χ3v) is 2.00. The normalized spacial score (nSPS) is 10.3. The zero-order valence-electron chi connectivity index (χ0n) is 8.52. The maximum atomic E-state index is 12.7. The van der Waals surface area contributed by atoms with Crippen molar-refractivity contribution in [2.45, 2.75) is 12.8 Å². The zero-order valence-corrected chi connectivity index (χ0v) is 8.52. The Labute approximate surface area is 91.4 Å². The van der Waals surface area contributed by atoms with Crippen LogP contribution in [-0.4, -0.2) is 31.7 Å². The van der Waals surface area contributed by atoms with Gasteiger partial charge in [-0.3, -0.25) is 5.10 Å². The summed E-state index contributed by atoms with van der Waals surface area (Å²) >= 11 is 0. The Hall–Kier alpha value is -2.05. The van der Waals surface area contributed by atoms with E-state index in [4.69, 9.17) is 0 Å². The minimum Gasteiger partial charge on any atom is -0.370 e. The largest absolute Gasteiger partial charge is 0.370 e. The van der Waals surface area contributed by atoms with E-state index < -0.39 is 5.95 Å². The first-order valence-electron chi connectivity index (χ1n) is 4.90. The summed E-state index contributed by atoms with van der Waals surface area (Å²) in [4.78, 5) is 11.2. The van der Waals surface area contributed by atoms with Gasteiger partial charge in [-0.05, 0) is 6.42 Å². The molecule has 0 aliphatic carbocycles.